The number of nitrogens with zero attached hydrogens (tertiary/aromatic N) is 1. The molecule has 1 aromatic rings. The van der Waals surface area contributed by atoms with Crippen LogP contribution in [0.25, 0.3) is 0 Å². The molecular weight excluding hydrogens is 390 g/mol. The summed E-state index contributed by atoms with van der Waals surface area (Å²) in [6.07, 6.45) is 3.13. The Morgan fingerprint density at radius 2 is 2.21 bits per heavy atom. The minimum atomic E-state index is -5.27. The number of hydrogen-bond acceptors (Lipinski definition) is 3. The first kappa shape index (κ1) is 14.6. The summed E-state index contributed by atoms with van der Waals surface area (Å²) in [5, 5.41) is 0. The van der Waals surface area contributed by atoms with Crippen LogP contribution < -0.4 is 68.9 Å². The fourth-order valence-electron chi connectivity index (χ4n) is 2.13. The van der Waals surface area contributed by atoms with Gasteiger partial charge in [-0.05, 0) is 11.1 Å². The van der Waals surface area contributed by atoms with Crippen LogP contribution in [0.3, 0.4) is 0 Å². The second-order valence-corrected chi connectivity index (χ2v) is 5.12. The Morgan fingerprint density at radius 3 is 2.79 bits per heavy atom. The molecule has 0 aromatic heterocycles. The third-order valence-corrected chi connectivity index (χ3v) is 3.60. The first-order valence-electron chi connectivity index (χ1n) is 6.13. The Labute approximate surface area is 173 Å². The summed E-state index contributed by atoms with van der Waals surface area (Å²) in [6, 6.07) is 4.73. The molecule has 1 aromatic carbocycles. The average Bonchev–Trinajstić information content (AvgIpc) is 2.65. The van der Waals surface area contributed by atoms with Crippen LogP contribution in [-0.2, 0) is 16.7 Å². The van der Waals surface area contributed by atoms with Crippen molar-refractivity contribution in [3.8, 4) is 12.3 Å². The van der Waals surface area contributed by atoms with Crippen molar-refractivity contribution < 1.29 is 89.0 Å². The molecule has 2 rings (SSSR count). The average molecular weight is 403 g/mol. The minimum Gasteiger partial charge on any atom is -0.735 e. The van der Waals surface area contributed by atoms with Gasteiger partial charge in [-0.3, -0.25) is 0 Å². The molecule has 0 saturated carbocycles. The van der Waals surface area contributed by atoms with Crippen LogP contribution in [0.1, 0.15) is 19.9 Å². The molecule has 0 aliphatic heterocycles. The van der Waals surface area contributed by atoms with Crippen LogP contribution in [0.15, 0.2) is 24.3 Å². The number of halogens is 1. The van der Waals surface area contributed by atoms with Crippen LogP contribution in [0, 0.1) is 12.3 Å². The van der Waals surface area contributed by atoms with Crippen molar-refractivity contribution in [1.82, 2.24) is 4.31 Å². The van der Waals surface area contributed by atoms with Gasteiger partial charge in [-0.25, -0.2) is 12.8 Å². The van der Waals surface area contributed by atoms with Crippen molar-refractivity contribution in [1.29, 1.82) is 0 Å². The quantitative estimate of drug-likeness (QED) is 0.435. The number of rotatable bonds is 3. The summed E-state index contributed by atoms with van der Waals surface area (Å²) in [5.41, 5.74) is 0.796. The topological polar surface area (TPSA) is 60.4 Å². The van der Waals surface area contributed by atoms with Gasteiger partial charge in [0.1, 0.15) is 6.17 Å². The summed E-state index contributed by atoms with van der Waals surface area (Å²) in [7, 11) is -5.27. The van der Waals surface area contributed by atoms with Gasteiger partial charge in [0.05, 0.1) is 15.3 Å². The van der Waals surface area contributed by atoms with Gasteiger partial charge >= 0.3 is 68.9 Å². The summed E-state index contributed by atoms with van der Waals surface area (Å²) in [5.74, 6) is 1.59. The number of benzene rings is 1. The first-order valence-corrected chi connectivity index (χ1v) is 6.50. The summed E-state index contributed by atoms with van der Waals surface area (Å²) >= 11 is 0. The van der Waals surface area contributed by atoms with Crippen LogP contribution in [0.5, 0.6) is 0 Å². The number of terminal acetylenes is 1. The van der Waals surface area contributed by atoms with Gasteiger partial charge in [0.25, 0.3) is 0 Å². The molecule has 0 radical (unpaired) electrons. The van der Waals surface area contributed by atoms with Gasteiger partial charge in [0.2, 0.25) is 0 Å². The summed E-state index contributed by atoms with van der Waals surface area (Å²) in [4.78, 5) is 0. The van der Waals surface area contributed by atoms with Crippen molar-refractivity contribution in [2.75, 3.05) is 6.50 Å². The minimum absolute atomic E-state index is 0. The molecule has 0 amide bonds. The monoisotopic (exact) mass is 403 g/mol. The second kappa shape index (κ2) is 7.07. The van der Waals surface area contributed by atoms with Crippen molar-refractivity contribution in [2.24, 2.45) is 0 Å². The Kier molecular flexibility index (Phi) is 5.42. The van der Waals surface area contributed by atoms with E-state index >= 15 is 0 Å². The van der Waals surface area contributed by atoms with Gasteiger partial charge in [-0.15, -0.1) is 6.42 Å². The second-order valence-electron chi connectivity index (χ2n) is 3.87. The van der Waals surface area contributed by atoms with E-state index in [9.17, 15) is 17.4 Å². The molecule has 1 aliphatic carbocycles. The molecule has 0 N–H and O–H groups in total. The van der Waals surface area contributed by atoms with Crippen LogP contribution in [-0.4, -0.2) is 29.9 Å². The van der Waals surface area contributed by atoms with E-state index < -0.39 is 29.0 Å². The summed E-state index contributed by atoms with van der Waals surface area (Å²) in [6.45, 7) is -2.90. The number of fused-ring (bicyclic) bond motifs is 1. The number of alkyl halides is 1. The number of hydrogen-bond donors (Lipinski definition) is 0. The summed E-state index contributed by atoms with van der Waals surface area (Å²) < 4.78 is 63.1. The van der Waals surface area contributed by atoms with E-state index in [-0.39, 0.29) is 85.2 Å². The van der Waals surface area contributed by atoms with Gasteiger partial charge < -0.3 is 4.55 Å². The van der Waals surface area contributed by atoms with E-state index in [1.54, 1.807) is 24.1 Å². The predicted molar refractivity (Wildman–Crippen MR) is 63.0 cm³/mol. The third-order valence-electron chi connectivity index (χ3n) is 2.80. The fraction of sp³-hybridized carbons (Fsp3) is 0.333. The molecular formula is C12H11CsFNO3S. The molecule has 7 heteroatoms. The molecule has 0 spiro atoms. The van der Waals surface area contributed by atoms with Crippen molar-refractivity contribution >= 4 is 10.3 Å². The first-order chi connectivity index (χ1) is 9.18. The zero-order chi connectivity index (χ0) is 15.1. The zero-order valence-electron chi connectivity index (χ0n) is 12.2. The largest absolute Gasteiger partial charge is 1.00 e. The molecule has 2 atom stereocenters. The van der Waals surface area contributed by atoms with Crippen LogP contribution in [0.2, 0.25) is 0 Å². The maximum Gasteiger partial charge on any atom is 1.00 e. The van der Waals surface area contributed by atoms with E-state index in [1.807, 2.05) is 0 Å². The van der Waals surface area contributed by atoms with E-state index in [2.05, 4.69) is 0 Å². The Morgan fingerprint density at radius 1 is 1.58 bits per heavy atom. The molecule has 0 saturated heterocycles. The van der Waals surface area contributed by atoms with E-state index in [1.165, 1.54) is 6.07 Å². The molecule has 1 aliphatic rings. The van der Waals surface area contributed by atoms with Crippen molar-refractivity contribution in [3.63, 3.8) is 0 Å². The smallest absolute Gasteiger partial charge is 0.735 e. The molecule has 4 nitrogen and oxygen atoms in total. The maximum absolute atomic E-state index is 14.1. The van der Waals surface area contributed by atoms with Gasteiger partial charge in [0.15, 0.2) is 10.3 Å². The Hall–Kier alpha value is 0.632. The Bertz CT molecular complexity index is 677. The standard InChI is InChI=1S/C12H12FNO3S.Cs/c1-2-7-14(18(15,16)17)12-10-6-4-3-5-9(10)8-11(12)13;/h1,3-6,11-12H,7-8H2,(H,15,16,17);/q;+1/p-1/t11-,12-;/m0./s1/i7D2;. The van der Waals surface area contributed by atoms with Gasteiger partial charge in [-0.2, -0.15) is 4.31 Å². The molecule has 96 valence electrons. The van der Waals surface area contributed by atoms with E-state index in [4.69, 9.17) is 9.16 Å². The molecule has 0 heterocycles. The Balaban J connectivity index is 0.00000220. The SMILES string of the molecule is [2H]C([2H])(C#C)N([C@H]1c2ccccc2C[C@@H]1F)S(=O)(=O)[O-].[Cs+]. The molecule has 0 bridgehead atoms. The van der Waals surface area contributed by atoms with Gasteiger partial charge in [-0.1, -0.05) is 30.2 Å². The molecule has 0 fully saturated rings. The normalized spacial score (nSPS) is 23.9. The molecule has 0 unspecified atom stereocenters. The zero-order valence-corrected chi connectivity index (χ0v) is 17.3. The van der Waals surface area contributed by atoms with Crippen LogP contribution >= 0.6 is 0 Å². The van der Waals surface area contributed by atoms with Crippen LogP contribution in [0.4, 0.5) is 4.39 Å². The maximum atomic E-state index is 14.1. The van der Waals surface area contributed by atoms with Crippen molar-refractivity contribution in [2.45, 2.75) is 18.6 Å². The third kappa shape index (κ3) is 3.84. The van der Waals surface area contributed by atoms with E-state index in [0.717, 1.165) is 0 Å². The fourth-order valence-corrected chi connectivity index (χ4v) is 2.81. The van der Waals surface area contributed by atoms with E-state index in [0.29, 0.717) is 5.56 Å². The predicted octanol–water partition coefficient (Wildman–Crippen LogP) is -1.98. The van der Waals surface area contributed by atoms with Crippen molar-refractivity contribution in [3.05, 3.63) is 35.4 Å². The molecule has 19 heavy (non-hydrogen) atoms. The van der Waals surface area contributed by atoms with Gasteiger partial charge in [0, 0.05) is 6.42 Å².